The summed E-state index contributed by atoms with van der Waals surface area (Å²) in [5.74, 6) is 0.924. The topological polar surface area (TPSA) is 35.5 Å². The lowest BCUT2D eigenvalue weighted by Gasteiger charge is -2.25. The Morgan fingerprint density at radius 1 is 1.16 bits per heavy atom. The molecule has 0 radical (unpaired) electrons. The molecule has 0 unspecified atom stereocenters. The van der Waals surface area contributed by atoms with Crippen LogP contribution in [0.2, 0.25) is 0 Å². The van der Waals surface area contributed by atoms with Crippen molar-refractivity contribution in [3.05, 3.63) is 36.4 Å². The number of hydrogen-bond acceptors (Lipinski definition) is 3. The van der Waals surface area contributed by atoms with Crippen molar-refractivity contribution in [3.63, 3.8) is 0 Å². The first-order chi connectivity index (χ1) is 8.98. The van der Waals surface area contributed by atoms with Crippen LogP contribution in [0.15, 0.2) is 36.4 Å². The molecule has 19 heavy (non-hydrogen) atoms. The fraction of sp³-hybridized carbons (Fsp3) is 0.438. The fourth-order valence-electron chi connectivity index (χ4n) is 2.28. The summed E-state index contributed by atoms with van der Waals surface area (Å²) in [6.45, 7) is 7.32. The normalized spacial score (nSPS) is 16.9. The van der Waals surface area contributed by atoms with Crippen LogP contribution in [0.3, 0.4) is 0 Å². The van der Waals surface area contributed by atoms with Crippen molar-refractivity contribution in [1.29, 1.82) is 0 Å². The van der Waals surface area contributed by atoms with Crippen molar-refractivity contribution in [2.45, 2.75) is 45.1 Å². The third-order valence-electron chi connectivity index (χ3n) is 3.41. The summed E-state index contributed by atoms with van der Waals surface area (Å²) in [5.41, 5.74) is 0.342. The van der Waals surface area contributed by atoms with Crippen molar-refractivity contribution >= 4 is 5.97 Å². The molecule has 0 amide bonds. The fourth-order valence-corrected chi connectivity index (χ4v) is 2.28. The summed E-state index contributed by atoms with van der Waals surface area (Å²) in [6, 6.07) is 7.16. The summed E-state index contributed by atoms with van der Waals surface area (Å²) in [6.07, 6.45) is 4.65. The lowest BCUT2D eigenvalue weighted by Crippen LogP contribution is -2.27. The number of ether oxygens (including phenoxy) is 2. The Bertz CT molecular complexity index is 467. The second-order valence-electron chi connectivity index (χ2n) is 5.40. The van der Waals surface area contributed by atoms with Crippen molar-refractivity contribution in [1.82, 2.24) is 0 Å². The third kappa shape index (κ3) is 3.60. The predicted octanol–water partition coefficient (Wildman–Crippen LogP) is 3.88. The van der Waals surface area contributed by atoms with Crippen molar-refractivity contribution < 1.29 is 14.3 Å². The summed E-state index contributed by atoms with van der Waals surface area (Å²) in [5, 5.41) is 0. The third-order valence-corrected chi connectivity index (χ3v) is 3.41. The second kappa shape index (κ2) is 5.47. The molecule has 0 aliphatic heterocycles. The molecule has 3 heteroatoms. The minimum atomic E-state index is -0.406. The first-order valence-electron chi connectivity index (χ1n) is 6.65. The van der Waals surface area contributed by atoms with Crippen LogP contribution in [0.1, 0.15) is 39.5 Å². The molecule has 1 saturated carbocycles. The van der Waals surface area contributed by atoms with Crippen LogP contribution in [-0.2, 0) is 4.79 Å². The average molecular weight is 260 g/mol. The van der Waals surface area contributed by atoms with Gasteiger partial charge >= 0.3 is 5.97 Å². The Balaban J connectivity index is 1.98. The largest absolute Gasteiger partial charge is 0.488 e. The zero-order chi connectivity index (χ0) is 13.9. The van der Waals surface area contributed by atoms with Gasteiger partial charge in [0.25, 0.3) is 0 Å². The van der Waals surface area contributed by atoms with E-state index in [4.69, 9.17) is 9.47 Å². The quantitative estimate of drug-likeness (QED) is 0.468. The standard InChI is InChI=1S/C16H20O3/c1-12(2)15(17)18-13-6-8-14(9-7-13)19-16(3)10-4-5-11-16/h6-9H,1,4-5,10-11H2,2-3H3. The lowest BCUT2D eigenvalue weighted by atomic mass is 10.1. The van der Waals surface area contributed by atoms with E-state index in [1.165, 1.54) is 12.8 Å². The Morgan fingerprint density at radius 3 is 2.21 bits per heavy atom. The van der Waals surface area contributed by atoms with Gasteiger partial charge in [0, 0.05) is 5.57 Å². The van der Waals surface area contributed by atoms with Crippen molar-refractivity contribution in [2.75, 3.05) is 0 Å². The van der Waals surface area contributed by atoms with E-state index < -0.39 is 5.97 Å². The first-order valence-corrected chi connectivity index (χ1v) is 6.65. The minimum absolute atomic E-state index is 0.0457. The highest BCUT2D eigenvalue weighted by molar-refractivity contribution is 5.88. The van der Waals surface area contributed by atoms with Gasteiger partial charge in [-0.15, -0.1) is 0 Å². The van der Waals surface area contributed by atoms with Gasteiger partial charge in [0.1, 0.15) is 17.1 Å². The summed E-state index contributed by atoms with van der Waals surface area (Å²) < 4.78 is 11.1. The van der Waals surface area contributed by atoms with Gasteiger partial charge in [0.2, 0.25) is 0 Å². The molecule has 0 aromatic heterocycles. The molecule has 0 heterocycles. The maximum absolute atomic E-state index is 11.4. The second-order valence-corrected chi connectivity index (χ2v) is 5.40. The molecule has 102 valence electrons. The number of rotatable bonds is 4. The van der Waals surface area contributed by atoms with Gasteiger partial charge in [-0.3, -0.25) is 0 Å². The summed E-state index contributed by atoms with van der Waals surface area (Å²) >= 11 is 0. The van der Waals surface area contributed by atoms with Gasteiger partial charge in [0.15, 0.2) is 0 Å². The zero-order valence-electron chi connectivity index (χ0n) is 11.6. The van der Waals surface area contributed by atoms with E-state index >= 15 is 0 Å². The minimum Gasteiger partial charge on any atom is -0.488 e. The maximum Gasteiger partial charge on any atom is 0.338 e. The van der Waals surface area contributed by atoms with E-state index in [1.54, 1.807) is 19.1 Å². The molecule has 0 spiro atoms. The Hall–Kier alpha value is -1.77. The smallest absolute Gasteiger partial charge is 0.338 e. The maximum atomic E-state index is 11.4. The molecule has 0 saturated heterocycles. The highest BCUT2D eigenvalue weighted by atomic mass is 16.5. The van der Waals surface area contributed by atoms with Crippen LogP contribution < -0.4 is 9.47 Å². The van der Waals surface area contributed by atoms with Gasteiger partial charge in [-0.25, -0.2) is 4.79 Å². The van der Waals surface area contributed by atoms with E-state index in [2.05, 4.69) is 13.5 Å². The first kappa shape index (κ1) is 13.7. The van der Waals surface area contributed by atoms with E-state index in [0.29, 0.717) is 11.3 Å². The van der Waals surface area contributed by atoms with Gasteiger partial charge in [-0.2, -0.15) is 0 Å². The van der Waals surface area contributed by atoms with Crippen LogP contribution in [0.4, 0.5) is 0 Å². The Kier molecular flexibility index (Phi) is 3.93. The van der Waals surface area contributed by atoms with E-state index in [9.17, 15) is 4.79 Å². The van der Waals surface area contributed by atoms with Crippen LogP contribution in [0, 0.1) is 0 Å². The van der Waals surface area contributed by atoms with Crippen LogP contribution in [-0.4, -0.2) is 11.6 Å². The average Bonchev–Trinajstić information content (AvgIpc) is 2.78. The highest BCUT2D eigenvalue weighted by Crippen LogP contribution is 2.34. The lowest BCUT2D eigenvalue weighted by molar-refractivity contribution is -0.130. The number of esters is 1. The molecule has 0 bridgehead atoms. The number of benzene rings is 1. The zero-order valence-corrected chi connectivity index (χ0v) is 11.6. The van der Waals surface area contributed by atoms with E-state index in [0.717, 1.165) is 18.6 Å². The Morgan fingerprint density at radius 2 is 1.68 bits per heavy atom. The van der Waals surface area contributed by atoms with E-state index in [-0.39, 0.29) is 5.60 Å². The van der Waals surface area contributed by atoms with Gasteiger partial charge in [-0.1, -0.05) is 6.58 Å². The molecule has 0 N–H and O–H groups in total. The van der Waals surface area contributed by atoms with Crippen LogP contribution in [0.25, 0.3) is 0 Å². The molecule has 1 aliphatic rings. The van der Waals surface area contributed by atoms with Crippen molar-refractivity contribution in [2.24, 2.45) is 0 Å². The summed E-state index contributed by atoms with van der Waals surface area (Å²) in [4.78, 5) is 11.4. The van der Waals surface area contributed by atoms with Crippen molar-refractivity contribution in [3.8, 4) is 11.5 Å². The predicted molar refractivity (Wildman–Crippen MR) is 74.4 cm³/mol. The monoisotopic (exact) mass is 260 g/mol. The molecule has 1 aliphatic carbocycles. The van der Waals surface area contributed by atoms with Gasteiger partial charge in [0.05, 0.1) is 0 Å². The summed E-state index contributed by atoms with van der Waals surface area (Å²) in [7, 11) is 0. The molecular formula is C16H20O3. The Labute approximate surface area is 114 Å². The SMILES string of the molecule is C=C(C)C(=O)Oc1ccc(OC2(C)CCCC2)cc1. The molecule has 3 nitrogen and oxygen atoms in total. The molecule has 1 aromatic carbocycles. The molecule has 0 atom stereocenters. The van der Waals surface area contributed by atoms with Gasteiger partial charge < -0.3 is 9.47 Å². The molecule has 1 aromatic rings. The number of hydrogen-bond donors (Lipinski definition) is 0. The van der Waals surface area contributed by atoms with Crippen LogP contribution >= 0.6 is 0 Å². The number of carbonyl (C=O) groups excluding carboxylic acids is 1. The molecule has 2 rings (SSSR count). The van der Waals surface area contributed by atoms with E-state index in [1.807, 2.05) is 12.1 Å². The van der Waals surface area contributed by atoms with Gasteiger partial charge in [-0.05, 0) is 63.8 Å². The molecule has 1 fully saturated rings. The number of carbonyl (C=O) groups is 1. The highest BCUT2D eigenvalue weighted by Gasteiger charge is 2.30. The van der Waals surface area contributed by atoms with Crippen LogP contribution in [0.5, 0.6) is 11.5 Å². The molecular weight excluding hydrogens is 240 g/mol.